The first kappa shape index (κ1) is 22.9. The number of carbonyl (C=O) groups excluding carboxylic acids is 5. The number of likely N-dealkylation sites (tertiary alicyclic amines) is 1. The van der Waals surface area contributed by atoms with Crippen LogP contribution in [0, 0.1) is 29.6 Å². The molecule has 4 amide bonds. The summed E-state index contributed by atoms with van der Waals surface area (Å²) in [5.74, 6) is -2.55. The van der Waals surface area contributed by atoms with E-state index in [1.807, 2.05) is 0 Å². The molecule has 4 rings (SSSR count). The molecule has 9 nitrogen and oxygen atoms in total. The van der Waals surface area contributed by atoms with Gasteiger partial charge in [0.25, 0.3) is 5.91 Å². The highest BCUT2D eigenvalue weighted by Gasteiger charge is 2.62. The maximum absolute atomic E-state index is 13.1. The van der Waals surface area contributed by atoms with Gasteiger partial charge in [-0.3, -0.25) is 24.1 Å². The molecule has 3 fully saturated rings. The Labute approximate surface area is 192 Å². The predicted molar refractivity (Wildman–Crippen MR) is 119 cm³/mol. The van der Waals surface area contributed by atoms with Crippen LogP contribution in [0.2, 0.25) is 0 Å². The van der Waals surface area contributed by atoms with Gasteiger partial charge in [-0.2, -0.15) is 0 Å². The number of nitrogens with one attached hydrogen (secondary N) is 2. The Hall–Kier alpha value is -3.23. The van der Waals surface area contributed by atoms with Crippen LogP contribution in [-0.4, -0.2) is 47.1 Å². The molecular formula is C24H29N3O6. The molecule has 1 aromatic rings. The van der Waals surface area contributed by atoms with E-state index in [1.165, 1.54) is 6.92 Å². The van der Waals surface area contributed by atoms with E-state index in [9.17, 15) is 24.0 Å². The third-order valence-corrected chi connectivity index (χ3v) is 6.95. The largest absolute Gasteiger partial charge is 0.454 e. The van der Waals surface area contributed by atoms with Crippen molar-refractivity contribution in [2.45, 2.75) is 46.1 Å². The number of ether oxygens (including phenoxy) is 1. The van der Waals surface area contributed by atoms with Crippen molar-refractivity contribution in [2.24, 2.45) is 29.6 Å². The predicted octanol–water partition coefficient (Wildman–Crippen LogP) is 2.18. The lowest BCUT2D eigenvalue weighted by atomic mass is 9.81. The molecule has 2 aliphatic carbocycles. The van der Waals surface area contributed by atoms with Crippen molar-refractivity contribution in [2.75, 3.05) is 17.2 Å². The second-order valence-corrected chi connectivity index (χ2v) is 9.53. The van der Waals surface area contributed by atoms with Crippen LogP contribution in [0.25, 0.3) is 0 Å². The van der Waals surface area contributed by atoms with Gasteiger partial charge in [0.15, 0.2) is 6.61 Å². The minimum atomic E-state index is -1.04. The summed E-state index contributed by atoms with van der Waals surface area (Å²) in [6.45, 7) is 4.37. The van der Waals surface area contributed by atoms with Gasteiger partial charge >= 0.3 is 5.97 Å². The normalized spacial score (nSPS) is 26.4. The van der Waals surface area contributed by atoms with Crippen LogP contribution in [0.3, 0.4) is 0 Å². The first-order valence-electron chi connectivity index (χ1n) is 11.4. The number of benzene rings is 1. The molecule has 1 aromatic carbocycles. The van der Waals surface area contributed by atoms with Crippen LogP contribution in [0.1, 0.15) is 40.0 Å². The van der Waals surface area contributed by atoms with E-state index in [4.69, 9.17) is 4.74 Å². The van der Waals surface area contributed by atoms with Crippen LogP contribution < -0.4 is 10.6 Å². The van der Waals surface area contributed by atoms with Gasteiger partial charge in [-0.15, -0.1) is 0 Å². The summed E-state index contributed by atoms with van der Waals surface area (Å²) in [5, 5.41) is 5.23. The number of nitrogens with zero attached hydrogens (tertiary/aromatic N) is 1. The third kappa shape index (κ3) is 4.36. The van der Waals surface area contributed by atoms with Crippen molar-refractivity contribution >= 4 is 41.0 Å². The van der Waals surface area contributed by atoms with Gasteiger partial charge in [0.1, 0.15) is 6.04 Å². The average Bonchev–Trinajstić information content (AvgIpc) is 3.43. The van der Waals surface area contributed by atoms with Gasteiger partial charge < -0.3 is 15.4 Å². The Kier molecular flexibility index (Phi) is 6.23. The summed E-state index contributed by atoms with van der Waals surface area (Å²) in [7, 11) is 0. The quantitative estimate of drug-likeness (QED) is 0.480. The van der Waals surface area contributed by atoms with E-state index in [-0.39, 0.29) is 47.3 Å². The highest BCUT2D eigenvalue weighted by molar-refractivity contribution is 6.08. The van der Waals surface area contributed by atoms with Crippen molar-refractivity contribution in [3.8, 4) is 0 Å². The highest BCUT2D eigenvalue weighted by atomic mass is 16.5. The number of esters is 1. The number of fused-ring (bicyclic) bond motifs is 5. The Morgan fingerprint density at radius 3 is 1.97 bits per heavy atom. The zero-order chi connectivity index (χ0) is 23.9. The van der Waals surface area contributed by atoms with Crippen LogP contribution in [0.5, 0.6) is 0 Å². The molecule has 2 bridgehead atoms. The fourth-order valence-electron chi connectivity index (χ4n) is 5.64. The summed E-state index contributed by atoms with van der Waals surface area (Å²) >= 11 is 0. The van der Waals surface area contributed by atoms with Crippen molar-refractivity contribution in [1.29, 1.82) is 0 Å². The van der Waals surface area contributed by atoms with E-state index in [0.29, 0.717) is 11.4 Å². The molecule has 3 aliphatic rings. The molecular weight excluding hydrogens is 426 g/mol. The molecule has 1 aliphatic heterocycles. The van der Waals surface area contributed by atoms with E-state index < -0.39 is 24.5 Å². The summed E-state index contributed by atoms with van der Waals surface area (Å²) in [6, 6.07) is 5.44. The zero-order valence-electron chi connectivity index (χ0n) is 19.0. The number of carbonyl (C=O) groups is 5. The van der Waals surface area contributed by atoms with Crippen LogP contribution >= 0.6 is 0 Å². The van der Waals surface area contributed by atoms with Crippen molar-refractivity contribution < 1.29 is 28.7 Å². The molecule has 2 N–H and O–H groups in total. The minimum Gasteiger partial charge on any atom is -0.454 e. The Bertz CT molecular complexity index is 960. The van der Waals surface area contributed by atoms with Gasteiger partial charge in [-0.05, 0) is 61.3 Å². The average molecular weight is 456 g/mol. The second kappa shape index (κ2) is 8.96. The topological polar surface area (TPSA) is 122 Å². The fourth-order valence-corrected chi connectivity index (χ4v) is 5.64. The van der Waals surface area contributed by atoms with Crippen LogP contribution in [0.4, 0.5) is 11.4 Å². The molecule has 1 saturated heterocycles. The maximum Gasteiger partial charge on any atom is 0.330 e. The maximum atomic E-state index is 13.1. The minimum absolute atomic E-state index is 0.204. The molecule has 0 radical (unpaired) electrons. The van der Waals surface area contributed by atoms with E-state index >= 15 is 0 Å². The Balaban J connectivity index is 1.36. The van der Waals surface area contributed by atoms with Crippen molar-refractivity contribution in [1.82, 2.24) is 4.90 Å². The fraction of sp³-hybridized carbons (Fsp3) is 0.542. The molecule has 2 saturated carbocycles. The molecule has 176 valence electrons. The molecule has 0 aromatic heterocycles. The van der Waals surface area contributed by atoms with Crippen LogP contribution in [-0.2, 0) is 28.7 Å². The van der Waals surface area contributed by atoms with Gasteiger partial charge in [-0.25, -0.2) is 4.79 Å². The number of amides is 4. The number of rotatable bonds is 7. The van der Waals surface area contributed by atoms with Gasteiger partial charge in [0, 0.05) is 18.3 Å². The first-order valence-corrected chi connectivity index (χ1v) is 11.4. The molecule has 33 heavy (non-hydrogen) atoms. The third-order valence-electron chi connectivity index (χ3n) is 6.95. The molecule has 9 heteroatoms. The second-order valence-electron chi connectivity index (χ2n) is 9.53. The van der Waals surface area contributed by atoms with Crippen molar-refractivity contribution in [3.05, 3.63) is 24.3 Å². The zero-order valence-corrected chi connectivity index (χ0v) is 19.0. The lowest BCUT2D eigenvalue weighted by Gasteiger charge is -2.28. The standard InChI is InChI=1S/C24H29N3O6/c1-12(2)21(27-22(30)19-14-4-5-15(10-14)20(19)23(27)31)24(32)33-11-18(29)26-17-8-6-16(7-9-17)25-13(3)28/h6-9,12,14-15,19-21H,4-5,10-11H2,1-3H3,(H,25,28)(H,26,29)/t14-,15-,19-,20+,21+/m0/s1. The Morgan fingerprint density at radius 2 is 1.48 bits per heavy atom. The highest BCUT2D eigenvalue weighted by Crippen LogP contribution is 2.56. The number of anilines is 2. The van der Waals surface area contributed by atoms with Crippen molar-refractivity contribution in [3.63, 3.8) is 0 Å². The van der Waals surface area contributed by atoms with Crippen LogP contribution in [0.15, 0.2) is 24.3 Å². The number of imide groups is 1. The molecule has 1 heterocycles. The monoisotopic (exact) mass is 455 g/mol. The molecule has 0 unspecified atom stereocenters. The molecule has 0 spiro atoms. The number of hydrogen-bond donors (Lipinski definition) is 2. The lowest BCUT2D eigenvalue weighted by Crippen LogP contribution is -2.50. The van der Waals surface area contributed by atoms with E-state index in [2.05, 4.69) is 10.6 Å². The van der Waals surface area contributed by atoms with E-state index in [1.54, 1.807) is 38.1 Å². The van der Waals surface area contributed by atoms with Gasteiger partial charge in [0.2, 0.25) is 17.7 Å². The summed E-state index contributed by atoms with van der Waals surface area (Å²) in [5.41, 5.74) is 1.06. The summed E-state index contributed by atoms with van der Waals surface area (Å²) < 4.78 is 5.22. The smallest absolute Gasteiger partial charge is 0.330 e. The van der Waals surface area contributed by atoms with E-state index in [0.717, 1.165) is 24.2 Å². The first-order chi connectivity index (χ1) is 15.7. The van der Waals surface area contributed by atoms with Gasteiger partial charge in [-0.1, -0.05) is 13.8 Å². The number of hydrogen-bond acceptors (Lipinski definition) is 6. The lowest BCUT2D eigenvalue weighted by molar-refractivity contribution is -0.162. The SMILES string of the molecule is CC(=O)Nc1ccc(NC(=O)COC(=O)[C@@H](C(C)C)N2C(=O)[C@@H]3[C@H]4CC[C@@H](C4)[C@@H]3C2=O)cc1. The Morgan fingerprint density at radius 1 is 0.970 bits per heavy atom. The summed E-state index contributed by atoms with van der Waals surface area (Å²) in [4.78, 5) is 63.6. The molecule has 5 atom stereocenters. The summed E-state index contributed by atoms with van der Waals surface area (Å²) in [6.07, 6.45) is 2.84. The van der Waals surface area contributed by atoms with Gasteiger partial charge in [0.05, 0.1) is 11.8 Å².